The third-order valence-corrected chi connectivity index (χ3v) is 4.26. The van der Waals surface area contributed by atoms with Gasteiger partial charge in [-0.3, -0.25) is 4.68 Å². The Morgan fingerprint density at radius 1 is 1.30 bits per heavy atom. The van der Waals surface area contributed by atoms with Crippen molar-refractivity contribution in [1.82, 2.24) is 9.78 Å². The van der Waals surface area contributed by atoms with E-state index in [1.54, 1.807) is 0 Å². The second kappa shape index (κ2) is 7.79. The van der Waals surface area contributed by atoms with E-state index in [0.717, 1.165) is 25.0 Å². The van der Waals surface area contributed by atoms with Gasteiger partial charge in [-0.05, 0) is 39.2 Å². The summed E-state index contributed by atoms with van der Waals surface area (Å²) in [5, 5.41) is 15.0. The first-order chi connectivity index (χ1) is 9.50. The molecule has 1 aromatic rings. The minimum Gasteiger partial charge on any atom is -0.390 e. The van der Waals surface area contributed by atoms with Crippen LogP contribution in [0.1, 0.15) is 65.6 Å². The SMILES string of the molecule is CCOC(C)(CC)C(O)Cc1ccn(C(CC)CC)n1. The van der Waals surface area contributed by atoms with Crippen LogP contribution in [0.25, 0.3) is 0 Å². The Morgan fingerprint density at radius 2 is 1.95 bits per heavy atom. The molecule has 1 rings (SSSR count). The lowest BCUT2D eigenvalue weighted by Crippen LogP contribution is -2.43. The molecule has 20 heavy (non-hydrogen) atoms. The van der Waals surface area contributed by atoms with Crippen molar-refractivity contribution in [2.24, 2.45) is 0 Å². The van der Waals surface area contributed by atoms with Gasteiger partial charge in [0.1, 0.15) is 0 Å². The minimum atomic E-state index is -0.530. The van der Waals surface area contributed by atoms with Gasteiger partial charge in [0.05, 0.1) is 23.4 Å². The van der Waals surface area contributed by atoms with Crippen LogP contribution in [0.15, 0.2) is 12.3 Å². The first kappa shape index (κ1) is 17.2. The third-order valence-electron chi connectivity index (χ3n) is 4.26. The molecule has 0 aliphatic rings. The predicted octanol–water partition coefficient (Wildman–Crippen LogP) is 3.35. The van der Waals surface area contributed by atoms with Crippen LogP contribution in [0.4, 0.5) is 0 Å². The van der Waals surface area contributed by atoms with Crippen molar-refractivity contribution in [2.75, 3.05) is 6.61 Å². The number of ether oxygens (including phenoxy) is 1. The average Bonchev–Trinajstić information content (AvgIpc) is 2.88. The Labute approximate surface area is 123 Å². The quantitative estimate of drug-likeness (QED) is 0.755. The fraction of sp³-hybridized carbons (Fsp3) is 0.812. The highest BCUT2D eigenvalue weighted by atomic mass is 16.5. The van der Waals surface area contributed by atoms with Crippen molar-refractivity contribution in [3.8, 4) is 0 Å². The summed E-state index contributed by atoms with van der Waals surface area (Å²) in [6.45, 7) is 10.9. The lowest BCUT2D eigenvalue weighted by Gasteiger charge is -2.33. The van der Waals surface area contributed by atoms with Crippen molar-refractivity contribution < 1.29 is 9.84 Å². The molecule has 4 heteroatoms. The number of hydrogen-bond donors (Lipinski definition) is 1. The van der Waals surface area contributed by atoms with Crippen molar-refractivity contribution in [3.63, 3.8) is 0 Å². The number of hydrogen-bond acceptors (Lipinski definition) is 3. The Balaban J connectivity index is 2.73. The molecule has 0 aliphatic carbocycles. The second-order valence-electron chi connectivity index (χ2n) is 5.58. The molecular formula is C16H30N2O2. The third kappa shape index (κ3) is 4.06. The van der Waals surface area contributed by atoms with Gasteiger partial charge in [-0.1, -0.05) is 20.8 Å². The van der Waals surface area contributed by atoms with E-state index in [1.165, 1.54) is 0 Å². The molecule has 0 aromatic carbocycles. The van der Waals surface area contributed by atoms with Gasteiger partial charge in [-0.25, -0.2) is 0 Å². The van der Waals surface area contributed by atoms with E-state index in [1.807, 2.05) is 37.7 Å². The van der Waals surface area contributed by atoms with E-state index in [9.17, 15) is 5.11 Å². The lowest BCUT2D eigenvalue weighted by atomic mass is 9.92. The van der Waals surface area contributed by atoms with Crippen LogP contribution in [0.5, 0.6) is 0 Å². The molecule has 1 N–H and O–H groups in total. The molecule has 1 heterocycles. The number of aliphatic hydroxyl groups excluding tert-OH is 1. The highest BCUT2D eigenvalue weighted by Crippen LogP contribution is 2.23. The van der Waals surface area contributed by atoms with Crippen LogP contribution in [-0.2, 0) is 11.2 Å². The molecule has 0 saturated carbocycles. The zero-order chi connectivity index (χ0) is 15.2. The molecule has 116 valence electrons. The fourth-order valence-electron chi connectivity index (χ4n) is 2.53. The minimum absolute atomic E-state index is 0.449. The second-order valence-corrected chi connectivity index (χ2v) is 5.58. The van der Waals surface area contributed by atoms with Crippen molar-refractivity contribution in [2.45, 2.75) is 78.0 Å². The molecule has 2 atom stereocenters. The Hall–Kier alpha value is -0.870. The molecule has 0 bridgehead atoms. The van der Waals surface area contributed by atoms with Gasteiger partial charge in [0, 0.05) is 19.2 Å². The number of rotatable bonds is 9. The van der Waals surface area contributed by atoms with Crippen molar-refractivity contribution in [3.05, 3.63) is 18.0 Å². The summed E-state index contributed by atoms with van der Waals surface area (Å²) in [6, 6.07) is 2.45. The van der Waals surface area contributed by atoms with E-state index < -0.39 is 11.7 Å². The smallest absolute Gasteiger partial charge is 0.0913 e. The first-order valence-electron chi connectivity index (χ1n) is 7.86. The van der Waals surface area contributed by atoms with Gasteiger partial charge in [-0.2, -0.15) is 5.10 Å². The van der Waals surface area contributed by atoms with Crippen LogP contribution >= 0.6 is 0 Å². The van der Waals surface area contributed by atoms with Gasteiger partial charge < -0.3 is 9.84 Å². The zero-order valence-electron chi connectivity index (χ0n) is 13.6. The average molecular weight is 282 g/mol. The maximum atomic E-state index is 10.4. The van der Waals surface area contributed by atoms with Crippen LogP contribution in [0.3, 0.4) is 0 Å². The molecule has 0 spiro atoms. The topological polar surface area (TPSA) is 47.3 Å². The van der Waals surface area contributed by atoms with Crippen LogP contribution in [-0.4, -0.2) is 33.2 Å². The predicted molar refractivity (Wildman–Crippen MR) is 81.9 cm³/mol. The maximum Gasteiger partial charge on any atom is 0.0913 e. The first-order valence-corrected chi connectivity index (χ1v) is 7.86. The molecular weight excluding hydrogens is 252 g/mol. The molecule has 0 amide bonds. The van der Waals surface area contributed by atoms with E-state index >= 15 is 0 Å². The lowest BCUT2D eigenvalue weighted by molar-refractivity contribution is -0.110. The van der Waals surface area contributed by atoms with E-state index in [4.69, 9.17) is 4.74 Å². The summed E-state index contributed by atoms with van der Waals surface area (Å²) in [7, 11) is 0. The Morgan fingerprint density at radius 3 is 2.45 bits per heavy atom. The highest BCUT2D eigenvalue weighted by molar-refractivity contribution is 5.04. The molecule has 1 aromatic heterocycles. The maximum absolute atomic E-state index is 10.4. The van der Waals surface area contributed by atoms with Gasteiger partial charge in [0.15, 0.2) is 0 Å². The summed E-state index contributed by atoms with van der Waals surface area (Å²) < 4.78 is 7.74. The Kier molecular flexibility index (Phi) is 6.69. The Bertz CT molecular complexity index is 388. The van der Waals surface area contributed by atoms with E-state index in [2.05, 4.69) is 18.9 Å². The van der Waals surface area contributed by atoms with Gasteiger partial charge in [0.2, 0.25) is 0 Å². The van der Waals surface area contributed by atoms with Gasteiger partial charge in [-0.15, -0.1) is 0 Å². The molecule has 0 saturated heterocycles. The number of aliphatic hydroxyl groups is 1. The van der Waals surface area contributed by atoms with E-state index in [-0.39, 0.29) is 0 Å². The standard InChI is InChI=1S/C16H30N2O2/c1-6-14(7-2)18-11-10-13(17-18)12-15(19)16(5,8-3)20-9-4/h10-11,14-15,19H,6-9,12H2,1-5H3. The highest BCUT2D eigenvalue weighted by Gasteiger charge is 2.32. The van der Waals surface area contributed by atoms with Crippen LogP contribution < -0.4 is 0 Å². The summed E-state index contributed by atoms with van der Waals surface area (Å²) in [5.41, 5.74) is 0.441. The number of aromatic nitrogens is 2. The van der Waals surface area contributed by atoms with Gasteiger partial charge in [0.25, 0.3) is 0 Å². The zero-order valence-corrected chi connectivity index (χ0v) is 13.6. The summed E-state index contributed by atoms with van der Waals surface area (Å²) >= 11 is 0. The van der Waals surface area contributed by atoms with Crippen molar-refractivity contribution >= 4 is 0 Å². The van der Waals surface area contributed by atoms with Crippen molar-refractivity contribution in [1.29, 1.82) is 0 Å². The van der Waals surface area contributed by atoms with Crippen LogP contribution in [0, 0.1) is 0 Å². The molecule has 0 radical (unpaired) electrons. The number of nitrogens with zero attached hydrogens (tertiary/aromatic N) is 2. The fourth-order valence-corrected chi connectivity index (χ4v) is 2.53. The summed E-state index contributed by atoms with van der Waals surface area (Å²) in [5.74, 6) is 0. The molecule has 4 nitrogen and oxygen atoms in total. The van der Waals surface area contributed by atoms with Crippen LogP contribution in [0.2, 0.25) is 0 Å². The normalized spacial score (nSPS) is 16.4. The summed E-state index contributed by atoms with van der Waals surface area (Å²) in [6.07, 6.45) is 4.96. The largest absolute Gasteiger partial charge is 0.390 e. The molecule has 0 aliphatic heterocycles. The molecule has 0 fully saturated rings. The molecule has 2 unspecified atom stereocenters. The van der Waals surface area contributed by atoms with E-state index in [0.29, 0.717) is 19.1 Å². The van der Waals surface area contributed by atoms with Gasteiger partial charge >= 0.3 is 0 Å². The summed E-state index contributed by atoms with van der Waals surface area (Å²) in [4.78, 5) is 0. The monoisotopic (exact) mass is 282 g/mol.